The predicted molar refractivity (Wildman–Crippen MR) is 100 cm³/mol. The third kappa shape index (κ3) is 4.29. The van der Waals surface area contributed by atoms with Gasteiger partial charge in [0.1, 0.15) is 35.3 Å². The Balaban J connectivity index is 1.68. The maximum Gasteiger partial charge on any atom is 0.433 e. The maximum absolute atomic E-state index is 13.3. The molecule has 1 amide bonds. The SMILES string of the molecule is NC(=O)c1cc(-c2ccc(F)cc2)n2nc(COc3ccnc(C(F)(F)F)c3)cc2n1. The minimum Gasteiger partial charge on any atom is -0.487 e. The average molecular weight is 431 g/mol. The van der Waals surface area contributed by atoms with Crippen LogP contribution in [0.2, 0.25) is 0 Å². The van der Waals surface area contributed by atoms with Gasteiger partial charge >= 0.3 is 6.18 Å². The number of nitrogens with two attached hydrogens (primary N) is 1. The van der Waals surface area contributed by atoms with E-state index in [1.54, 1.807) is 0 Å². The van der Waals surface area contributed by atoms with Crippen molar-refractivity contribution in [1.82, 2.24) is 19.6 Å². The summed E-state index contributed by atoms with van der Waals surface area (Å²) in [7, 11) is 0. The zero-order valence-electron chi connectivity index (χ0n) is 15.6. The van der Waals surface area contributed by atoms with Crippen molar-refractivity contribution in [2.24, 2.45) is 5.73 Å². The van der Waals surface area contributed by atoms with Gasteiger partial charge in [-0.05, 0) is 36.4 Å². The molecule has 2 N–H and O–H groups in total. The number of nitrogens with zero attached hydrogens (tertiary/aromatic N) is 4. The maximum atomic E-state index is 13.3. The molecule has 11 heteroatoms. The minimum absolute atomic E-state index is 0.0249. The van der Waals surface area contributed by atoms with Crippen LogP contribution in [0, 0.1) is 5.82 Å². The zero-order chi connectivity index (χ0) is 22.2. The molecule has 7 nitrogen and oxygen atoms in total. The summed E-state index contributed by atoms with van der Waals surface area (Å²) in [6, 6.07) is 10.5. The Morgan fingerprint density at radius 3 is 2.52 bits per heavy atom. The van der Waals surface area contributed by atoms with Crippen molar-refractivity contribution in [1.29, 1.82) is 0 Å². The number of rotatable bonds is 5. The van der Waals surface area contributed by atoms with Crippen molar-refractivity contribution < 1.29 is 27.1 Å². The molecule has 3 heterocycles. The van der Waals surface area contributed by atoms with Crippen LogP contribution in [0.4, 0.5) is 17.6 Å². The molecule has 4 aromatic rings. The summed E-state index contributed by atoms with van der Waals surface area (Å²) in [6.07, 6.45) is -3.60. The fraction of sp³-hybridized carbons (Fsp3) is 0.100. The van der Waals surface area contributed by atoms with E-state index in [-0.39, 0.29) is 23.7 Å². The van der Waals surface area contributed by atoms with Gasteiger partial charge in [0.2, 0.25) is 0 Å². The van der Waals surface area contributed by atoms with Crippen LogP contribution in [0.3, 0.4) is 0 Å². The van der Waals surface area contributed by atoms with Crippen molar-refractivity contribution in [3.8, 4) is 17.0 Å². The molecule has 4 rings (SSSR count). The van der Waals surface area contributed by atoms with Crippen LogP contribution in [0.15, 0.2) is 54.7 Å². The van der Waals surface area contributed by atoms with Crippen molar-refractivity contribution >= 4 is 11.6 Å². The fourth-order valence-corrected chi connectivity index (χ4v) is 2.86. The number of hydrogen-bond donors (Lipinski definition) is 1. The third-order valence-corrected chi connectivity index (χ3v) is 4.28. The lowest BCUT2D eigenvalue weighted by atomic mass is 10.1. The Kier molecular flexibility index (Phi) is 5.01. The number of aromatic nitrogens is 4. The standard InChI is InChI=1S/C20H13F4N5O2/c21-12-3-1-11(2-4-12)16-9-15(19(25)30)27-18-7-13(28-29(16)18)10-31-14-5-6-26-17(8-14)20(22,23)24/h1-9H,10H2,(H2,25,30). The summed E-state index contributed by atoms with van der Waals surface area (Å²) in [5.41, 5.74) is 5.83. The van der Waals surface area contributed by atoms with Gasteiger partial charge in [-0.25, -0.2) is 13.9 Å². The first-order chi connectivity index (χ1) is 14.7. The highest BCUT2D eigenvalue weighted by Crippen LogP contribution is 2.29. The number of fused-ring (bicyclic) bond motifs is 1. The van der Waals surface area contributed by atoms with Gasteiger partial charge in [0.15, 0.2) is 5.65 Å². The predicted octanol–water partition coefficient (Wildman–Crippen LogP) is 3.63. The highest BCUT2D eigenvalue weighted by atomic mass is 19.4. The Labute approximate surface area is 172 Å². The summed E-state index contributed by atoms with van der Waals surface area (Å²) < 4.78 is 58.5. The molecule has 0 aliphatic rings. The van der Waals surface area contributed by atoms with Gasteiger partial charge in [-0.2, -0.15) is 18.3 Å². The molecule has 158 valence electrons. The topological polar surface area (TPSA) is 95.4 Å². The lowest BCUT2D eigenvalue weighted by molar-refractivity contribution is -0.141. The molecule has 1 aromatic carbocycles. The zero-order valence-corrected chi connectivity index (χ0v) is 15.6. The van der Waals surface area contributed by atoms with E-state index in [9.17, 15) is 22.4 Å². The second kappa shape index (κ2) is 7.67. The largest absolute Gasteiger partial charge is 0.487 e. The van der Waals surface area contributed by atoms with Crippen LogP contribution in [-0.4, -0.2) is 25.5 Å². The summed E-state index contributed by atoms with van der Waals surface area (Å²) in [4.78, 5) is 19.1. The number of benzene rings is 1. The van der Waals surface area contributed by atoms with Crippen molar-refractivity contribution in [2.45, 2.75) is 12.8 Å². The average Bonchev–Trinajstić information content (AvgIpc) is 3.15. The van der Waals surface area contributed by atoms with Gasteiger partial charge in [0.25, 0.3) is 5.91 Å². The molecule has 0 radical (unpaired) electrons. The molecule has 0 aliphatic heterocycles. The number of carbonyl (C=O) groups excluding carboxylic acids is 1. The highest BCUT2D eigenvalue weighted by molar-refractivity contribution is 5.92. The number of primary amides is 1. The van der Waals surface area contributed by atoms with Gasteiger partial charge in [-0.15, -0.1) is 0 Å². The van der Waals surface area contributed by atoms with Crippen LogP contribution < -0.4 is 10.5 Å². The Morgan fingerprint density at radius 2 is 1.84 bits per heavy atom. The van der Waals surface area contributed by atoms with E-state index < -0.39 is 23.6 Å². The molecule has 0 atom stereocenters. The molecular weight excluding hydrogens is 418 g/mol. The first-order valence-corrected chi connectivity index (χ1v) is 8.82. The van der Waals surface area contributed by atoms with Crippen molar-refractivity contribution in [3.05, 3.63) is 77.6 Å². The normalized spacial score (nSPS) is 11.6. The number of ether oxygens (including phenoxy) is 1. The van der Waals surface area contributed by atoms with E-state index in [2.05, 4.69) is 15.1 Å². The fourth-order valence-electron chi connectivity index (χ4n) is 2.86. The lowest BCUT2D eigenvalue weighted by Gasteiger charge is -2.08. The molecule has 31 heavy (non-hydrogen) atoms. The number of hydrogen-bond acceptors (Lipinski definition) is 5. The molecule has 0 saturated carbocycles. The van der Waals surface area contributed by atoms with Gasteiger partial charge in [0, 0.05) is 23.9 Å². The number of carbonyl (C=O) groups is 1. The molecule has 0 aliphatic carbocycles. The first-order valence-electron chi connectivity index (χ1n) is 8.82. The van der Waals surface area contributed by atoms with Crippen LogP contribution >= 0.6 is 0 Å². The molecule has 0 bridgehead atoms. The number of halogens is 4. The van der Waals surface area contributed by atoms with E-state index in [1.165, 1.54) is 47.0 Å². The van der Waals surface area contributed by atoms with Gasteiger partial charge in [0.05, 0.1) is 5.69 Å². The molecule has 0 unspecified atom stereocenters. The minimum atomic E-state index is -4.60. The molecule has 0 saturated heterocycles. The summed E-state index contributed by atoms with van der Waals surface area (Å²) in [6.45, 7) is -0.167. The van der Waals surface area contributed by atoms with E-state index >= 15 is 0 Å². The molecular formula is C20H13F4N5O2. The van der Waals surface area contributed by atoms with Crippen molar-refractivity contribution in [2.75, 3.05) is 0 Å². The number of alkyl halides is 3. The second-order valence-electron chi connectivity index (χ2n) is 6.47. The van der Waals surface area contributed by atoms with E-state index in [0.29, 0.717) is 17.0 Å². The summed E-state index contributed by atoms with van der Waals surface area (Å²) >= 11 is 0. The molecule has 3 aromatic heterocycles. The lowest BCUT2D eigenvalue weighted by Crippen LogP contribution is -2.14. The Bertz CT molecular complexity index is 1270. The molecule has 0 spiro atoms. The second-order valence-corrected chi connectivity index (χ2v) is 6.47. The summed E-state index contributed by atoms with van der Waals surface area (Å²) in [5.74, 6) is -1.24. The van der Waals surface area contributed by atoms with Crippen LogP contribution in [0.25, 0.3) is 16.9 Å². The van der Waals surface area contributed by atoms with E-state index in [0.717, 1.165) is 12.3 Å². The van der Waals surface area contributed by atoms with Crippen molar-refractivity contribution in [3.63, 3.8) is 0 Å². The van der Waals surface area contributed by atoms with E-state index in [1.807, 2.05) is 0 Å². The Hall–Kier alpha value is -4.02. The Morgan fingerprint density at radius 1 is 1.10 bits per heavy atom. The van der Waals surface area contributed by atoms with E-state index in [4.69, 9.17) is 10.5 Å². The first kappa shape index (κ1) is 20.3. The van der Waals surface area contributed by atoms with Gasteiger partial charge in [-0.3, -0.25) is 9.78 Å². The summed E-state index contributed by atoms with van der Waals surface area (Å²) in [5, 5.41) is 4.34. The van der Waals surface area contributed by atoms with Gasteiger partial charge in [-0.1, -0.05) is 0 Å². The monoisotopic (exact) mass is 431 g/mol. The van der Waals surface area contributed by atoms with Crippen LogP contribution in [-0.2, 0) is 12.8 Å². The quantitative estimate of drug-likeness (QED) is 0.487. The number of pyridine rings is 1. The number of amides is 1. The molecule has 0 fully saturated rings. The highest BCUT2D eigenvalue weighted by Gasteiger charge is 2.32. The van der Waals surface area contributed by atoms with Crippen LogP contribution in [0.1, 0.15) is 21.9 Å². The third-order valence-electron chi connectivity index (χ3n) is 4.28. The smallest absolute Gasteiger partial charge is 0.433 e. The van der Waals surface area contributed by atoms with Crippen LogP contribution in [0.5, 0.6) is 5.75 Å². The van der Waals surface area contributed by atoms with Gasteiger partial charge < -0.3 is 10.5 Å².